The van der Waals surface area contributed by atoms with E-state index in [1.54, 1.807) is 0 Å². The zero-order valence-corrected chi connectivity index (χ0v) is 77.5. The van der Waals surface area contributed by atoms with Crippen molar-refractivity contribution in [3.63, 3.8) is 0 Å². The van der Waals surface area contributed by atoms with Gasteiger partial charge in [0.15, 0.2) is 11.2 Å². The Balaban J connectivity index is 0.000000107. The average Bonchev–Trinajstić information content (AvgIpc) is 1.62. The largest absolute Gasteiger partial charge is 0.455 e. The maximum Gasteiger partial charge on any atom is 0.153 e. The number of anilines is 3. The lowest BCUT2D eigenvalue weighted by atomic mass is 9.95. The maximum absolute atomic E-state index is 6.46. The van der Waals surface area contributed by atoms with E-state index in [9.17, 15) is 0 Å². The molecule has 13 heteroatoms. The van der Waals surface area contributed by atoms with Crippen LogP contribution in [0.15, 0.2) is 512 Å². The summed E-state index contributed by atoms with van der Waals surface area (Å²) in [5, 5.41) is 15.0. The number of para-hydroxylation sites is 5. The second-order valence-corrected chi connectivity index (χ2v) is 36.6. The fraction of sp³-hybridized carbons (Fsp3) is 0. The van der Waals surface area contributed by atoms with Gasteiger partial charge in [-0.3, -0.25) is 24.9 Å². The number of aromatic nitrogens is 9. The minimum atomic E-state index is 0.798. The molecule has 12 heterocycles. The van der Waals surface area contributed by atoms with Gasteiger partial charge in [-0.25, -0.2) is 0 Å². The van der Waals surface area contributed by atoms with Gasteiger partial charge in [-0.05, 0) is 272 Å². The van der Waals surface area contributed by atoms with Gasteiger partial charge in [-0.1, -0.05) is 255 Å². The van der Waals surface area contributed by atoms with Gasteiger partial charge in [0.05, 0.1) is 49.7 Å². The van der Waals surface area contributed by atoms with Crippen molar-refractivity contribution in [1.82, 2.24) is 43.2 Å². The first-order valence-corrected chi connectivity index (χ1v) is 48.4. The minimum Gasteiger partial charge on any atom is -0.455 e. The number of pyridine rings is 5. The van der Waals surface area contributed by atoms with E-state index in [-0.39, 0.29) is 0 Å². The van der Waals surface area contributed by atoms with Crippen molar-refractivity contribution in [3.8, 4) is 89.5 Å². The smallest absolute Gasteiger partial charge is 0.153 e. The van der Waals surface area contributed by atoms with Crippen molar-refractivity contribution >= 4 is 181 Å². The van der Waals surface area contributed by atoms with E-state index in [0.717, 1.165) is 177 Å². The number of benzene rings is 18. The molecule has 0 amide bonds. The Bertz CT molecular complexity index is 9820. The highest BCUT2D eigenvalue weighted by atomic mass is 16.3. The van der Waals surface area contributed by atoms with Crippen LogP contribution in [0.2, 0.25) is 0 Å². The van der Waals surface area contributed by atoms with Crippen molar-refractivity contribution in [2.24, 2.45) is 0 Å². The molecule has 18 aromatic carbocycles. The van der Waals surface area contributed by atoms with E-state index < -0.39 is 0 Å². The predicted octanol–water partition coefficient (Wildman–Crippen LogP) is 34.7. The molecule has 0 unspecified atom stereocenters. The number of furan rings is 3. The van der Waals surface area contributed by atoms with Crippen molar-refractivity contribution in [2.45, 2.75) is 0 Å². The van der Waals surface area contributed by atoms with Crippen LogP contribution < -0.4 is 4.90 Å². The van der Waals surface area contributed by atoms with Crippen LogP contribution in [0.3, 0.4) is 0 Å². The number of hydrogen-bond donors (Lipinski definition) is 0. The van der Waals surface area contributed by atoms with Gasteiger partial charge >= 0.3 is 0 Å². The highest BCUT2D eigenvalue weighted by Crippen LogP contribution is 2.47. The molecule has 0 saturated heterocycles. The van der Waals surface area contributed by atoms with Crippen molar-refractivity contribution in [3.05, 3.63) is 498 Å². The second kappa shape index (κ2) is 34.2. The summed E-state index contributed by atoms with van der Waals surface area (Å²) in [6, 6.07) is 162. The third-order valence-electron chi connectivity index (χ3n) is 28.5. The van der Waals surface area contributed by atoms with E-state index in [1.165, 1.54) is 93.3 Å². The summed E-state index contributed by atoms with van der Waals surface area (Å²) in [6.45, 7) is 0. The molecule has 0 saturated carbocycles. The first-order valence-electron chi connectivity index (χ1n) is 48.4. The normalized spacial score (nSPS) is 11.8. The van der Waals surface area contributed by atoms with Crippen molar-refractivity contribution in [2.75, 3.05) is 4.90 Å². The molecule has 674 valence electrons. The number of fused-ring (bicyclic) bond motifs is 22. The van der Waals surface area contributed by atoms with Crippen LogP contribution >= 0.6 is 0 Å². The molecule has 0 aliphatic rings. The summed E-state index contributed by atoms with van der Waals surface area (Å²) in [5.41, 5.74) is 38.7. The standard InChI is InChI=1S/C52H35NO.C46H26N4O2.C33H21N5/c1-2-12-36(13-3-1)37-26-30-43(31-27-37)53(45-19-9-18-42(35-45)48-23-11-24-50-49-21-6-7-25-51(49)54-52(48)50)44-32-28-38(29-33-44)40-16-8-17-41(34-40)47-22-10-15-39-14-4-5-20-46(39)47;1-3-9-37-31(7-1)33-23-27(13-17-39(33)49(37)29-15-19-41-35(25-29)45-43(51-41)11-5-21-47-45)28-14-18-40-34(24-28)32-8-2-4-10-38(32)50(40)30-16-20-42-36(26-30)46-44(52-42)12-6-22-48-46;1-2-5-29-26(4-1)33-32(6-3-17-36-33)38(29)25-13-9-23(10-14-25)22-7-11-24(12-8-22)37-30-15-18-34-20-27(30)28-21-35-19-16-31(28)37/h1-35H;1-26H;1-21H. The van der Waals surface area contributed by atoms with E-state index >= 15 is 0 Å². The van der Waals surface area contributed by atoms with E-state index in [1.807, 2.05) is 85.8 Å². The Morgan fingerprint density at radius 2 is 0.562 bits per heavy atom. The third-order valence-corrected chi connectivity index (χ3v) is 28.5. The minimum absolute atomic E-state index is 0.798. The molecule has 0 N–H and O–H groups in total. The highest BCUT2D eigenvalue weighted by Gasteiger charge is 2.24. The molecule has 13 nitrogen and oxygen atoms in total. The van der Waals surface area contributed by atoms with E-state index in [2.05, 4.69) is 461 Å². The van der Waals surface area contributed by atoms with Gasteiger partial charge in [0.25, 0.3) is 0 Å². The zero-order valence-electron chi connectivity index (χ0n) is 77.5. The molecule has 0 atom stereocenters. The summed E-state index contributed by atoms with van der Waals surface area (Å²) in [4.78, 5) is 24.9. The summed E-state index contributed by atoms with van der Waals surface area (Å²) in [5.74, 6) is 0. The monoisotopic (exact) mass is 1840 g/mol. The predicted molar refractivity (Wildman–Crippen MR) is 592 cm³/mol. The van der Waals surface area contributed by atoms with Gasteiger partial charge < -0.3 is 36.4 Å². The maximum atomic E-state index is 6.46. The third kappa shape index (κ3) is 14.0. The fourth-order valence-electron chi connectivity index (χ4n) is 21.8. The van der Waals surface area contributed by atoms with Crippen LogP contribution in [0.5, 0.6) is 0 Å². The topological polar surface area (TPSA) is 127 Å². The van der Waals surface area contributed by atoms with Gasteiger partial charge in [0, 0.05) is 148 Å². The molecule has 0 bridgehead atoms. The van der Waals surface area contributed by atoms with Crippen LogP contribution in [-0.4, -0.2) is 43.2 Å². The molecule has 30 aromatic rings. The van der Waals surface area contributed by atoms with Crippen LogP contribution in [0.1, 0.15) is 0 Å². The molecule has 144 heavy (non-hydrogen) atoms. The van der Waals surface area contributed by atoms with Gasteiger partial charge in [0.2, 0.25) is 0 Å². The summed E-state index contributed by atoms with van der Waals surface area (Å²) < 4.78 is 27.9. The first kappa shape index (κ1) is 82.6. The lowest BCUT2D eigenvalue weighted by molar-refractivity contribution is 0.667. The zero-order chi connectivity index (χ0) is 94.8. The Hall–Kier alpha value is -19.6. The number of hydrogen-bond acceptors (Lipinski definition) is 9. The van der Waals surface area contributed by atoms with Crippen LogP contribution in [0.25, 0.3) is 254 Å². The Labute approximate surface area is 824 Å². The quantitative estimate of drug-likeness (QED) is 0.111. The SMILES string of the molecule is c1ccc(-c2ccc(N(c3ccc(-c4cccc(-c5cccc6ccccc56)c4)cc3)c3cccc(-c4cccc5c4oc4ccccc45)c3)cc2)cc1.c1ccc2c(c1)c1ncccc1n2-c1ccc(-c2ccc(-n3c4ccncc4c4cnccc43)cc2)cc1.c1cnc2c(c1)oc1ccc(-n3c4ccccc4c4cc(-c5ccc6c(c5)c5ccccc5n6-c5ccc6oc7cccnc7c6c5)ccc43)cc12. The van der Waals surface area contributed by atoms with Crippen LogP contribution in [-0.2, 0) is 0 Å². The molecule has 0 fully saturated rings. The van der Waals surface area contributed by atoms with Crippen molar-refractivity contribution in [1.29, 1.82) is 0 Å². The lowest BCUT2D eigenvalue weighted by Crippen LogP contribution is -2.10. The average molecular weight is 1840 g/mol. The first-order chi connectivity index (χ1) is 71.4. The van der Waals surface area contributed by atoms with Gasteiger partial charge in [0.1, 0.15) is 33.4 Å². The van der Waals surface area contributed by atoms with E-state index in [0.29, 0.717) is 0 Å². The van der Waals surface area contributed by atoms with E-state index in [4.69, 9.17) is 13.3 Å². The van der Waals surface area contributed by atoms with Crippen molar-refractivity contribution < 1.29 is 13.3 Å². The molecular weight excluding hydrogens is 1760 g/mol. The number of rotatable bonds is 13. The summed E-state index contributed by atoms with van der Waals surface area (Å²) in [7, 11) is 0. The van der Waals surface area contributed by atoms with Crippen LogP contribution in [0, 0.1) is 0 Å². The second-order valence-electron chi connectivity index (χ2n) is 36.6. The molecular formula is C131H82N10O3. The molecule has 0 aliphatic carbocycles. The van der Waals surface area contributed by atoms with Crippen LogP contribution in [0.4, 0.5) is 17.1 Å². The fourth-order valence-corrected chi connectivity index (χ4v) is 21.8. The summed E-state index contributed by atoms with van der Waals surface area (Å²) >= 11 is 0. The molecule has 30 rings (SSSR count). The van der Waals surface area contributed by atoms with Gasteiger partial charge in [-0.2, -0.15) is 0 Å². The highest BCUT2D eigenvalue weighted by molar-refractivity contribution is 6.16. The molecule has 0 aliphatic heterocycles. The summed E-state index contributed by atoms with van der Waals surface area (Å²) in [6.07, 6.45) is 13.0. The van der Waals surface area contributed by atoms with Gasteiger partial charge in [-0.15, -0.1) is 0 Å². The molecule has 0 radical (unpaired) electrons. The molecule has 0 spiro atoms. The Morgan fingerprint density at radius 1 is 0.181 bits per heavy atom. The Morgan fingerprint density at radius 3 is 1.17 bits per heavy atom. The number of nitrogens with zero attached hydrogens (tertiary/aromatic N) is 10. The Kier molecular flexibility index (Phi) is 19.6. The lowest BCUT2D eigenvalue weighted by Gasteiger charge is -2.26. The molecule has 12 aromatic heterocycles.